The number of fused-ring (bicyclic) bond motifs is 4. The van der Waals surface area contributed by atoms with E-state index in [1.165, 1.54) is 22.2 Å². The largest absolute Gasteiger partial charge is 0.310 e. The van der Waals surface area contributed by atoms with Gasteiger partial charge >= 0.3 is 0 Å². The van der Waals surface area contributed by atoms with E-state index in [9.17, 15) is 0 Å². The van der Waals surface area contributed by atoms with E-state index in [-0.39, 0.29) is 0 Å². The highest BCUT2D eigenvalue weighted by atomic mass is 15.3. The van der Waals surface area contributed by atoms with Crippen molar-refractivity contribution in [3.63, 3.8) is 0 Å². The van der Waals surface area contributed by atoms with Crippen molar-refractivity contribution >= 4 is 27.9 Å². The molecule has 0 atom stereocenters. The first kappa shape index (κ1) is 22.7. The van der Waals surface area contributed by atoms with Crippen LogP contribution in [-0.2, 0) is 6.42 Å². The number of benzene rings is 4. The molecule has 0 spiro atoms. The Kier molecular flexibility index (Phi) is 5.20. The molecule has 0 bridgehead atoms. The van der Waals surface area contributed by atoms with E-state index in [1.54, 1.807) is 0 Å². The number of para-hydroxylation sites is 2. The molecule has 0 amide bonds. The molecule has 190 valence electrons. The smallest absolute Gasteiger partial charge is 0.168 e. The average Bonchev–Trinajstić information content (AvgIpc) is 3.61. The first-order valence-corrected chi connectivity index (χ1v) is 13.6. The second-order valence-corrected chi connectivity index (χ2v) is 10.1. The summed E-state index contributed by atoms with van der Waals surface area (Å²) in [4.78, 5) is 4.74. The van der Waals surface area contributed by atoms with Crippen LogP contribution < -0.4 is 0 Å². The van der Waals surface area contributed by atoms with Gasteiger partial charge in [-0.15, -0.1) is 10.2 Å². The number of rotatable bonds is 4. The van der Waals surface area contributed by atoms with Gasteiger partial charge in [0.25, 0.3) is 0 Å². The summed E-state index contributed by atoms with van der Waals surface area (Å²) < 4.78 is 4.51. The van der Waals surface area contributed by atoms with Crippen LogP contribution in [0.15, 0.2) is 121 Å². The molecule has 1 aliphatic carbocycles. The first-order chi connectivity index (χ1) is 19.9. The van der Waals surface area contributed by atoms with Crippen molar-refractivity contribution in [2.75, 3.05) is 0 Å². The van der Waals surface area contributed by atoms with E-state index in [1.807, 2.05) is 30.5 Å². The van der Waals surface area contributed by atoms with E-state index < -0.39 is 0 Å². The zero-order valence-electron chi connectivity index (χ0n) is 21.8. The van der Waals surface area contributed by atoms with Crippen LogP contribution in [0.5, 0.6) is 0 Å². The average molecular weight is 516 g/mol. The molecule has 5 nitrogen and oxygen atoms in total. The molecule has 7 aromatic rings. The van der Waals surface area contributed by atoms with Gasteiger partial charge in [-0.25, -0.2) is 0 Å². The van der Waals surface area contributed by atoms with Gasteiger partial charge in [0.15, 0.2) is 11.6 Å². The number of pyridine rings is 1. The minimum atomic E-state index is 0.780. The lowest BCUT2D eigenvalue weighted by atomic mass is 10.0. The van der Waals surface area contributed by atoms with Crippen LogP contribution in [0, 0.1) is 0 Å². The van der Waals surface area contributed by atoms with Crippen LogP contribution in [0.25, 0.3) is 62.0 Å². The Morgan fingerprint density at radius 1 is 0.625 bits per heavy atom. The van der Waals surface area contributed by atoms with Gasteiger partial charge in [-0.2, -0.15) is 0 Å². The van der Waals surface area contributed by atoms with Crippen LogP contribution in [0.2, 0.25) is 0 Å². The Balaban J connectivity index is 1.31. The lowest BCUT2D eigenvalue weighted by Gasteiger charge is -2.14. The zero-order chi connectivity index (χ0) is 26.5. The van der Waals surface area contributed by atoms with Crippen molar-refractivity contribution in [3.8, 4) is 34.2 Å². The molecule has 4 aromatic carbocycles. The molecule has 40 heavy (non-hydrogen) atoms. The van der Waals surface area contributed by atoms with E-state index in [2.05, 4.69) is 111 Å². The SMILES string of the molecule is C1=Cc2c(c3ccccc3n2-c2ccc(-c3nnc(-c4ccccc4)n3-c3cccc4cccnc34)cc2)CC1. The molecule has 0 saturated carbocycles. The van der Waals surface area contributed by atoms with Crippen molar-refractivity contribution in [1.29, 1.82) is 0 Å². The van der Waals surface area contributed by atoms with Crippen molar-refractivity contribution < 1.29 is 0 Å². The maximum Gasteiger partial charge on any atom is 0.168 e. The molecular formula is C35H25N5. The van der Waals surface area contributed by atoms with E-state index >= 15 is 0 Å². The van der Waals surface area contributed by atoms with Gasteiger partial charge in [0.1, 0.15) is 0 Å². The maximum absolute atomic E-state index is 4.74. The summed E-state index contributed by atoms with van der Waals surface area (Å²) in [6.45, 7) is 0. The molecule has 0 radical (unpaired) electrons. The first-order valence-electron chi connectivity index (χ1n) is 13.6. The molecule has 0 unspecified atom stereocenters. The van der Waals surface area contributed by atoms with Gasteiger partial charge in [-0.3, -0.25) is 9.55 Å². The molecule has 0 saturated heterocycles. The summed E-state index contributed by atoms with van der Waals surface area (Å²) >= 11 is 0. The minimum Gasteiger partial charge on any atom is -0.310 e. The number of nitrogens with zero attached hydrogens (tertiary/aromatic N) is 5. The minimum absolute atomic E-state index is 0.780. The number of hydrogen-bond donors (Lipinski definition) is 0. The third-order valence-electron chi connectivity index (χ3n) is 7.79. The summed E-state index contributed by atoms with van der Waals surface area (Å²) in [5, 5.41) is 11.8. The molecule has 3 aromatic heterocycles. The third-order valence-corrected chi connectivity index (χ3v) is 7.79. The monoisotopic (exact) mass is 515 g/mol. The zero-order valence-corrected chi connectivity index (χ0v) is 21.8. The third kappa shape index (κ3) is 3.52. The van der Waals surface area contributed by atoms with Crippen molar-refractivity contribution in [2.45, 2.75) is 12.8 Å². The highest BCUT2D eigenvalue weighted by Gasteiger charge is 2.21. The quantitative estimate of drug-likeness (QED) is 0.238. The Hall–Kier alpha value is -5.29. The van der Waals surface area contributed by atoms with Crippen molar-refractivity contribution in [3.05, 3.63) is 133 Å². The molecule has 3 heterocycles. The molecule has 0 fully saturated rings. The van der Waals surface area contributed by atoms with Crippen LogP contribution in [-0.4, -0.2) is 24.3 Å². The van der Waals surface area contributed by atoms with Crippen molar-refractivity contribution in [1.82, 2.24) is 24.3 Å². The Morgan fingerprint density at radius 2 is 1.38 bits per heavy atom. The predicted molar refractivity (Wildman–Crippen MR) is 162 cm³/mol. The van der Waals surface area contributed by atoms with E-state index in [0.29, 0.717) is 0 Å². The summed E-state index contributed by atoms with van der Waals surface area (Å²) in [7, 11) is 0. The van der Waals surface area contributed by atoms with E-state index in [0.717, 1.165) is 57.9 Å². The van der Waals surface area contributed by atoms with Gasteiger partial charge in [0, 0.05) is 39.5 Å². The topological polar surface area (TPSA) is 48.5 Å². The van der Waals surface area contributed by atoms with Crippen LogP contribution in [0.1, 0.15) is 17.7 Å². The summed E-state index contributed by atoms with van der Waals surface area (Å²) in [5.74, 6) is 1.57. The van der Waals surface area contributed by atoms with Gasteiger partial charge in [-0.1, -0.05) is 72.8 Å². The fraction of sp³-hybridized carbons (Fsp3) is 0.0571. The Morgan fingerprint density at radius 3 is 2.23 bits per heavy atom. The molecule has 0 aliphatic heterocycles. The van der Waals surface area contributed by atoms with Gasteiger partial charge in [0.2, 0.25) is 0 Å². The molecule has 5 heteroatoms. The molecular weight excluding hydrogens is 490 g/mol. The lowest BCUT2D eigenvalue weighted by Crippen LogP contribution is -2.03. The van der Waals surface area contributed by atoms with Crippen LogP contribution in [0.4, 0.5) is 0 Å². The van der Waals surface area contributed by atoms with Gasteiger partial charge in [0.05, 0.1) is 16.7 Å². The van der Waals surface area contributed by atoms with Gasteiger partial charge in [-0.05, 0) is 66.9 Å². The second-order valence-electron chi connectivity index (χ2n) is 10.1. The normalized spacial score (nSPS) is 12.7. The van der Waals surface area contributed by atoms with E-state index in [4.69, 9.17) is 10.1 Å². The standard InChI is InChI=1S/C35H25N5/c1-2-10-25(11-3-1)34-37-38-35(40(34)32-18-8-12-24-13-9-23-36-33(24)32)26-19-21-27(22-20-26)39-30-16-6-4-14-28(30)29-15-5-7-17-31(29)39/h1-4,6-14,16-23H,5,15H2. The fourth-order valence-electron chi connectivity index (χ4n) is 5.97. The summed E-state index contributed by atoms with van der Waals surface area (Å²) in [6, 6.07) is 37.9. The molecule has 0 N–H and O–H groups in total. The van der Waals surface area contributed by atoms with Crippen molar-refractivity contribution in [2.24, 2.45) is 0 Å². The highest BCUT2D eigenvalue weighted by molar-refractivity contribution is 5.91. The number of allylic oxidation sites excluding steroid dienone is 1. The highest BCUT2D eigenvalue weighted by Crippen LogP contribution is 2.35. The Labute approximate surface area is 231 Å². The van der Waals surface area contributed by atoms with Crippen LogP contribution in [0.3, 0.4) is 0 Å². The predicted octanol–water partition coefficient (Wildman–Crippen LogP) is 8.05. The van der Waals surface area contributed by atoms with Crippen LogP contribution >= 0.6 is 0 Å². The van der Waals surface area contributed by atoms with Gasteiger partial charge < -0.3 is 4.57 Å². The summed E-state index contributed by atoms with van der Waals surface area (Å²) in [6.07, 6.45) is 8.54. The Bertz CT molecular complexity index is 2040. The number of aromatic nitrogens is 5. The number of hydrogen-bond acceptors (Lipinski definition) is 3. The maximum atomic E-state index is 4.74. The number of aryl methyl sites for hydroxylation is 1. The molecule has 1 aliphatic rings. The molecule has 8 rings (SSSR count). The fourth-order valence-corrected chi connectivity index (χ4v) is 5.97. The second kappa shape index (κ2) is 9.17. The summed E-state index contributed by atoms with van der Waals surface area (Å²) in [5.41, 5.74) is 8.94. The lowest BCUT2D eigenvalue weighted by molar-refractivity contribution is 0.967.